The molecule has 1 aromatic rings. The van der Waals surface area contributed by atoms with E-state index in [-0.39, 0.29) is 11.9 Å². The van der Waals surface area contributed by atoms with E-state index < -0.39 is 0 Å². The minimum absolute atomic E-state index is 0.0628. The van der Waals surface area contributed by atoms with Crippen molar-refractivity contribution in [3.63, 3.8) is 0 Å². The third-order valence-corrected chi connectivity index (χ3v) is 7.21. The summed E-state index contributed by atoms with van der Waals surface area (Å²) in [4.78, 5) is 17.6. The Hall–Kier alpha value is -1.79. The van der Waals surface area contributed by atoms with Crippen LogP contribution in [-0.2, 0) is 11.3 Å². The molecule has 0 aromatic heterocycles. The van der Waals surface area contributed by atoms with Gasteiger partial charge in [-0.1, -0.05) is 32.8 Å². The molecule has 0 radical (unpaired) electrons. The molecule has 160 valence electrons. The van der Waals surface area contributed by atoms with Gasteiger partial charge in [0.25, 0.3) is 0 Å². The summed E-state index contributed by atoms with van der Waals surface area (Å²) >= 11 is 0. The molecule has 2 fully saturated rings. The fourth-order valence-corrected chi connectivity index (χ4v) is 4.86. The number of carbonyl (C=O) groups excluding carboxylic acids is 1. The number of amides is 1. The van der Waals surface area contributed by atoms with Gasteiger partial charge in [-0.15, -0.1) is 0 Å². The van der Waals surface area contributed by atoms with Gasteiger partial charge in [-0.05, 0) is 42.9 Å². The lowest BCUT2D eigenvalue weighted by Gasteiger charge is -2.39. The Morgan fingerprint density at radius 1 is 1.14 bits per heavy atom. The van der Waals surface area contributed by atoms with Gasteiger partial charge in [0.15, 0.2) is 11.5 Å². The van der Waals surface area contributed by atoms with E-state index in [1.165, 1.54) is 18.4 Å². The summed E-state index contributed by atoms with van der Waals surface area (Å²) in [6.07, 6.45) is 3.63. The quantitative estimate of drug-likeness (QED) is 0.822. The Kier molecular flexibility index (Phi) is 6.30. The highest BCUT2D eigenvalue weighted by Crippen LogP contribution is 2.33. The van der Waals surface area contributed by atoms with Crippen molar-refractivity contribution in [1.82, 2.24) is 15.1 Å². The van der Waals surface area contributed by atoms with E-state index in [0.29, 0.717) is 24.7 Å². The lowest BCUT2D eigenvalue weighted by molar-refractivity contribution is -0.128. The first-order valence-electron chi connectivity index (χ1n) is 11.2. The zero-order valence-electron chi connectivity index (χ0n) is 18.0. The van der Waals surface area contributed by atoms with Gasteiger partial charge in [-0.2, -0.15) is 0 Å². The lowest BCUT2D eigenvalue weighted by Crippen LogP contribution is -2.56. The van der Waals surface area contributed by atoms with E-state index in [9.17, 15) is 4.79 Å². The van der Waals surface area contributed by atoms with Crippen LogP contribution in [0.2, 0.25) is 0 Å². The van der Waals surface area contributed by atoms with Gasteiger partial charge in [-0.25, -0.2) is 0 Å². The molecule has 4 rings (SSSR count). The highest BCUT2D eigenvalue weighted by molar-refractivity contribution is 5.81. The molecule has 0 unspecified atom stereocenters. The van der Waals surface area contributed by atoms with Gasteiger partial charge in [0.2, 0.25) is 12.7 Å². The van der Waals surface area contributed by atoms with Crippen molar-refractivity contribution in [2.75, 3.05) is 33.0 Å². The molecule has 2 aliphatic heterocycles. The highest BCUT2D eigenvalue weighted by Gasteiger charge is 2.31. The maximum absolute atomic E-state index is 12.9. The Labute approximate surface area is 174 Å². The van der Waals surface area contributed by atoms with Crippen LogP contribution in [0.1, 0.15) is 45.6 Å². The first kappa shape index (κ1) is 20.5. The van der Waals surface area contributed by atoms with Crippen molar-refractivity contribution in [2.24, 2.45) is 11.8 Å². The van der Waals surface area contributed by atoms with Crippen LogP contribution in [0.5, 0.6) is 11.5 Å². The van der Waals surface area contributed by atoms with Crippen LogP contribution in [0.25, 0.3) is 0 Å². The SMILES string of the molecule is C[C@@H]1[C@H](C)CCC[C@H]1NC(=O)[C@@H](C)N1CCN(Cc2ccc3c(c2)OCO3)CC1. The maximum atomic E-state index is 12.9. The van der Waals surface area contributed by atoms with Crippen molar-refractivity contribution in [1.29, 1.82) is 0 Å². The second kappa shape index (κ2) is 8.92. The normalized spacial score (nSPS) is 28.9. The Balaban J connectivity index is 1.25. The third kappa shape index (κ3) is 4.69. The first-order chi connectivity index (χ1) is 14.0. The molecule has 29 heavy (non-hydrogen) atoms. The van der Waals surface area contributed by atoms with Crippen molar-refractivity contribution in [2.45, 2.75) is 58.7 Å². The summed E-state index contributed by atoms with van der Waals surface area (Å²) in [6, 6.07) is 6.46. The number of fused-ring (bicyclic) bond motifs is 1. The molecule has 1 aliphatic carbocycles. The van der Waals surface area contributed by atoms with Crippen LogP contribution in [0, 0.1) is 11.8 Å². The summed E-state index contributed by atoms with van der Waals surface area (Å²) in [5, 5.41) is 3.35. The third-order valence-electron chi connectivity index (χ3n) is 7.21. The molecule has 2 heterocycles. The number of benzene rings is 1. The van der Waals surface area contributed by atoms with E-state index in [0.717, 1.165) is 50.6 Å². The van der Waals surface area contributed by atoms with Crippen LogP contribution in [0.15, 0.2) is 18.2 Å². The topological polar surface area (TPSA) is 54.0 Å². The van der Waals surface area contributed by atoms with E-state index in [2.05, 4.69) is 48.0 Å². The van der Waals surface area contributed by atoms with Crippen molar-refractivity contribution in [3.05, 3.63) is 23.8 Å². The molecule has 0 spiro atoms. The summed E-state index contributed by atoms with van der Waals surface area (Å²) < 4.78 is 10.9. The fourth-order valence-electron chi connectivity index (χ4n) is 4.86. The molecule has 1 saturated heterocycles. The highest BCUT2D eigenvalue weighted by atomic mass is 16.7. The molecule has 0 bridgehead atoms. The van der Waals surface area contributed by atoms with Crippen LogP contribution < -0.4 is 14.8 Å². The summed E-state index contributed by atoms with van der Waals surface area (Å²) in [6.45, 7) is 11.7. The monoisotopic (exact) mass is 401 g/mol. The molecule has 6 nitrogen and oxygen atoms in total. The second-order valence-corrected chi connectivity index (χ2v) is 9.06. The van der Waals surface area contributed by atoms with Gasteiger partial charge in [0.1, 0.15) is 0 Å². The molecule has 6 heteroatoms. The molecule has 1 N–H and O–H groups in total. The van der Waals surface area contributed by atoms with Gasteiger partial charge in [0.05, 0.1) is 6.04 Å². The number of hydrogen-bond donors (Lipinski definition) is 1. The van der Waals surface area contributed by atoms with E-state index in [1.54, 1.807) is 0 Å². The molecule has 1 amide bonds. The maximum Gasteiger partial charge on any atom is 0.237 e. The summed E-state index contributed by atoms with van der Waals surface area (Å²) in [5.74, 6) is 3.14. The number of nitrogens with zero attached hydrogens (tertiary/aromatic N) is 2. The molecule has 1 saturated carbocycles. The number of nitrogens with one attached hydrogen (secondary N) is 1. The fraction of sp³-hybridized carbons (Fsp3) is 0.696. The predicted molar refractivity (Wildman–Crippen MR) is 113 cm³/mol. The van der Waals surface area contributed by atoms with Crippen molar-refractivity contribution < 1.29 is 14.3 Å². The summed E-state index contributed by atoms with van der Waals surface area (Å²) in [5.41, 5.74) is 1.24. The molecule has 1 aromatic carbocycles. The summed E-state index contributed by atoms with van der Waals surface area (Å²) in [7, 11) is 0. The molecule has 4 atom stereocenters. The second-order valence-electron chi connectivity index (χ2n) is 9.06. The number of carbonyl (C=O) groups is 1. The number of ether oxygens (including phenoxy) is 2. The average molecular weight is 402 g/mol. The van der Waals surface area contributed by atoms with E-state index >= 15 is 0 Å². The molecule has 3 aliphatic rings. The molecular weight excluding hydrogens is 366 g/mol. The van der Waals surface area contributed by atoms with Gasteiger partial charge < -0.3 is 14.8 Å². The van der Waals surface area contributed by atoms with E-state index in [1.807, 2.05) is 6.07 Å². The smallest absolute Gasteiger partial charge is 0.237 e. The minimum atomic E-state index is -0.0628. The van der Waals surface area contributed by atoms with Gasteiger partial charge in [-0.3, -0.25) is 14.6 Å². The molecular formula is C23H35N3O3. The van der Waals surface area contributed by atoms with Crippen LogP contribution >= 0.6 is 0 Å². The van der Waals surface area contributed by atoms with Crippen molar-refractivity contribution >= 4 is 5.91 Å². The number of hydrogen-bond acceptors (Lipinski definition) is 5. The average Bonchev–Trinajstić information content (AvgIpc) is 3.19. The Morgan fingerprint density at radius 2 is 1.90 bits per heavy atom. The van der Waals surface area contributed by atoms with Gasteiger partial charge in [0, 0.05) is 38.8 Å². The zero-order valence-corrected chi connectivity index (χ0v) is 18.0. The van der Waals surface area contributed by atoms with Crippen LogP contribution in [-0.4, -0.2) is 60.8 Å². The Morgan fingerprint density at radius 3 is 2.69 bits per heavy atom. The van der Waals surface area contributed by atoms with Crippen molar-refractivity contribution in [3.8, 4) is 11.5 Å². The lowest BCUT2D eigenvalue weighted by atomic mass is 9.78. The van der Waals surface area contributed by atoms with Crippen LogP contribution in [0.3, 0.4) is 0 Å². The largest absolute Gasteiger partial charge is 0.454 e. The number of rotatable bonds is 5. The Bertz CT molecular complexity index is 717. The first-order valence-corrected chi connectivity index (χ1v) is 11.2. The minimum Gasteiger partial charge on any atom is -0.454 e. The zero-order chi connectivity index (χ0) is 20.4. The predicted octanol–water partition coefficient (Wildman–Crippen LogP) is 2.86. The standard InChI is InChI=1S/C23H35N3O3/c1-16-5-4-6-20(17(16)2)24-23(27)18(3)26-11-9-25(10-12-26)14-19-7-8-21-22(13-19)29-15-28-21/h7-8,13,16-18,20H,4-6,9-12,14-15H2,1-3H3,(H,24,27)/t16-,17-,18-,20-/m1/s1. The number of piperazine rings is 1. The van der Waals surface area contributed by atoms with E-state index in [4.69, 9.17) is 9.47 Å². The van der Waals surface area contributed by atoms with Crippen LogP contribution in [0.4, 0.5) is 0 Å². The van der Waals surface area contributed by atoms with Gasteiger partial charge >= 0.3 is 0 Å².